The molecule has 0 atom stereocenters. The van der Waals surface area contributed by atoms with E-state index in [0.29, 0.717) is 5.69 Å². The van der Waals surface area contributed by atoms with Crippen molar-refractivity contribution in [1.29, 1.82) is 0 Å². The summed E-state index contributed by atoms with van der Waals surface area (Å²) in [5.41, 5.74) is 0.699. The summed E-state index contributed by atoms with van der Waals surface area (Å²) in [5, 5.41) is 0. The topological polar surface area (TPSA) is 17.8 Å². The molecule has 0 aliphatic heterocycles. The first-order valence-electron chi connectivity index (χ1n) is 2.23. The fraction of sp³-hybridized carbons (Fsp3) is 0.167. The van der Waals surface area contributed by atoms with E-state index in [-0.39, 0.29) is 0 Å². The summed E-state index contributed by atoms with van der Waals surface area (Å²) in [4.78, 5) is 3.77. The molecule has 0 bridgehead atoms. The number of hydrogen-bond acceptors (Lipinski definition) is 1. The molecule has 0 radical (unpaired) electrons. The fourth-order valence-corrected chi connectivity index (χ4v) is 0.478. The second-order valence-corrected chi connectivity index (χ2v) is 1.51. The molecular weight excluding hydrogens is 100 g/mol. The number of hydrogen-bond donors (Lipinski definition) is 0. The molecule has 0 amide bonds. The monoisotopic (exact) mass is 105 g/mol. The molecule has 1 heterocycles. The zero-order chi connectivity index (χ0) is 5.98. The summed E-state index contributed by atoms with van der Waals surface area (Å²) in [7, 11) is 1.82. The van der Waals surface area contributed by atoms with Gasteiger partial charge in [0.25, 0.3) is 0 Å². The van der Waals surface area contributed by atoms with Crippen LogP contribution >= 0.6 is 0 Å². The van der Waals surface area contributed by atoms with Crippen molar-refractivity contribution >= 4 is 0 Å². The van der Waals surface area contributed by atoms with Gasteiger partial charge in [0.2, 0.25) is 0 Å². The van der Waals surface area contributed by atoms with Crippen LogP contribution in [0.5, 0.6) is 0 Å². The van der Waals surface area contributed by atoms with Crippen LogP contribution in [0.4, 0.5) is 0 Å². The predicted octanol–water partition coefficient (Wildman–Crippen LogP) is 0.358. The van der Waals surface area contributed by atoms with Crippen molar-refractivity contribution in [2.45, 2.75) is 0 Å². The van der Waals surface area contributed by atoms with E-state index < -0.39 is 0 Å². The molecule has 1 aromatic rings. The van der Waals surface area contributed by atoms with Crippen LogP contribution in [0.2, 0.25) is 0 Å². The van der Waals surface area contributed by atoms with Crippen molar-refractivity contribution in [3.8, 4) is 5.92 Å². The van der Waals surface area contributed by atoms with E-state index in [1.165, 1.54) is 0 Å². The number of imidazole rings is 1. The molecular formula is C6H5N2+. The van der Waals surface area contributed by atoms with Gasteiger partial charge in [-0.2, -0.15) is 0 Å². The molecule has 1 aromatic heterocycles. The maximum atomic E-state index is 6.69. The van der Waals surface area contributed by atoms with Crippen molar-refractivity contribution < 1.29 is 0 Å². The van der Waals surface area contributed by atoms with Crippen molar-refractivity contribution in [3.63, 3.8) is 0 Å². The zero-order valence-electron chi connectivity index (χ0n) is 4.55. The van der Waals surface area contributed by atoms with Gasteiger partial charge in [-0.25, -0.2) is 0 Å². The normalized spacial score (nSPS) is 8.88. The molecule has 38 valence electrons. The van der Waals surface area contributed by atoms with Crippen LogP contribution in [0.15, 0.2) is 12.5 Å². The van der Waals surface area contributed by atoms with Crippen LogP contribution in [0.1, 0.15) is 5.69 Å². The number of aryl methyl sites for hydroxylation is 1. The van der Waals surface area contributed by atoms with Gasteiger partial charge in [0.05, 0.1) is 0 Å². The van der Waals surface area contributed by atoms with Crippen molar-refractivity contribution in [1.82, 2.24) is 9.55 Å². The minimum absolute atomic E-state index is 0.699. The molecule has 0 fully saturated rings. The Balaban J connectivity index is 3.15. The van der Waals surface area contributed by atoms with Gasteiger partial charge in [0.1, 0.15) is 0 Å². The van der Waals surface area contributed by atoms with E-state index >= 15 is 0 Å². The van der Waals surface area contributed by atoms with Gasteiger partial charge in [0.15, 0.2) is 0 Å². The fourth-order valence-electron chi connectivity index (χ4n) is 0.478. The van der Waals surface area contributed by atoms with E-state index in [1.807, 2.05) is 7.05 Å². The average Bonchev–Trinajstić information content (AvgIpc) is 2.14. The van der Waals surface area contributed by atoms with E-state index in [9.17, 15) is 0 Å². The Morgan fingerprint density at radius 3 is 2.88 bits per heavy atom. The molecule has 0 aliphatic carbocycles. The molecule has 0 saturated heterocycles. The molecule has 8 heavy (non-hydrogen) atoms. The van der Waals surface area contributed by atoms with Gasteiger partial charge in [-0.3, -0.25) is 0 Å². The Hall–Kier alpha value is -1.01. The van der Waals surface area contributed by atoms with Crippen molar-refractivity contribution in [2.24, 2.45) is 7.05 Å². The third-order valence-electron chi connectivity index (χ3n) is 0.945. The molecule has 0 spiro atoms. The molecule has 0 N–H and O–H groups in total. The van der Waals surface area contributed by atoms with Crippen molar-refractivity contribution in [2.75, 3.05) is 0 Å². The van der Waals surface area contributed by atoms with Gasteiger partial charge in [-0.15, -0.1) is 0 Å². The summed E-state index contributed by atoms with van der Waals surface area (Å²) in [5.74, 6) is 2.23. The molecule has 1 rings (SSSR count). The summed E-state index contributed by atoms with van der Waals surface area (Å²) in [6.07, 6.45) is 9.92. The third kappa shape index (κ3) is 0.658. The van der Waals surface area contributed by atoms with Crippen LogP contribution in [-0.4, -0.2) is 9.55 Å². The molecule has 0 aliphatic rings. The Bertz CT molecular complexity index is 217. The first-order valence-corrected chi connectivity index (χ1v) is 2.23. The minimum atomic E-state index is 0.699. The van der Waals surface area contributed by atoms with Gasteiger partial charge >= 0.3 is 47.2 Å². The Labute approximate surface area is 48.2 Å². The Morgan fingerprint density at radius 1 is 1.88 bits per heavy atom. The van der Waals surface area contributed by atoms with Gasteiger partial charge < -0.3 is 0 Å². The summed E-state index contributed by atoms with van der Waals surface area (Å²) >= 11 is 0. The summed E-state index contributed by atoms with van der Waals surface area (Å²) < 4.78 is 1.73. The van der Waals surface area contributed by atoms with Crippen LogP contribution in [0, 0.1) is 12.3 Å². The Kier molecular flexibility index (Phi) is 1.18. The summed E-state index contributed by atoms with van der Waals surface area (Å²) in [6.45, 7) is 0. The quantitative estimate of drug-likeness (QED) is 0.344. The van der Waals surface area contributed by atoms with Gasteiger partial charge in [0, 0.05) is 0 Å². The summed E-state index contributed by atoms with van der Waals surface area (Å²) in [6, 6.07) is 0. The second-order valence-electron chi connectivity index (χ2n) is 1.51. The van der Waals surface area contributed by atoms with E-state index in [2.05, 4.69) is 10.9 Å². The number of nitrogens with zero attached hydrogens (tertiary/aromatic N) is 2. The van der Waals surface area contributed by atoms with Crippen LogP contribution in [-0.2, 0) is 7.05 Å². The van der Waals surface area contributed by atoms with Crippen LogP contribution in [0.3, 0.4) is 0 Å². The first kappa shape index (κ1) is 5.13. The maximum absolute atomic E-state index is 6.69. The third-order valence-corrected chi connectivity index (χ3v) is 0.945. The van der Waals surface area contributed by atoms with E-state index in [0.717, 1.165) is 0 Å². The molecule has 0 aromatic carbocycles. The van der Waals surface area contributed by atoms with E-state index in [4.69, 9.17) is 6.42 Å². The Morgan fingerprint density at radius 2 is 2.62 bits per heavy atom. The average molecular weight is 105 g/mol. The molecule has 0 saturated carbocycles. The standard InChI is InChI=1S/C6H5N2/c1-3-6-4-7-5-8(6)2/h4-5H,2H3/q+1. The molecule has 0 unspecified atom stereocenters. The van der Waals surface area contributed by atoms with Crippen LogP contribution in [0.25, 0.3) is 0 Å². The van der Waals surface area contributed by atoms with E-state index in [1.54, 1.807) is 17.1 Å². The first-order chi connectivity index (χ1) is 3.84. The predicted molar refractivity (Wildman–Crippen MR) is 29.4 cm³/mol. The molecule has 2 nitrogen and oxygen atoms in total. The van der Waals surface area contributed by atoms with Crippen molar-refractivity contribution in [3.05, 3.63) is 24.6 Å². The SMILES string of the molecule is [C+]#Cc1cncn1C. The van der Waals surface area contributed by atoms with Gasteiger partial charge in [-0.1, -0.05) is 0 Å². The number of aromatic nitrogens is 2. The van der Waals surface area contributed by atoms with Gasteiger partial charge in [-0.05, 0) is 0 Å². The van der Waals surface area contributed by atoms with Crippen LogP contribution < -0.4 is 0 Å². The second kappa shape index (κ2) is 1.85. The zero-order valence-corrected chi connectivity index (χ0v) is 4.55. The number of rotatable bonds is 0. The molecule has 2 heteroatoms.